The lowest BCUT2D eigenvalue weighted by molar-refractivity contribution is 0.0973. The monoisotopic (exact) mass is 282 g/mol. The summed E-state index contributed by atoms with van der Waals surface area (Å²) in [5, 5.41) is 20.2. The summed E-state index contributed by atoms with van der Waals surface area (Å²) in [6.45, 7) is 5.08. The van der Waals surface area contributed by atoms with Gasteiger partial charge in [0.15, 0.2) is 11.6 Å². The third-order valence-corrected chi connectivity index (χ3v) is 4.00. The third-order valence-electron chi connectivity index (χ3n) is 4.00. The second-order valence-electron chi connectivity index (χ2n) is 5.42. The molecule has 0 saturated heterocycles. The van der Waals surface area contributed by atoms with Crippen LogP contribution in [0.1, 0.15) is 48.5 Å². The second-order valence-corrected chi connectivity index (χ2v) is 5.42. The van der Waals surface area contributed by atoms with E-state index in [0.29, 0.717) is 27.8 Å². The second kappa shape index (κ2) is 4.19. The van der Waals surface area contributed by atoms with Crippen molar-refractivity contribution in [3.05, 3.63) is 57.1 Å². The summed E-state index contributed by atoms with van der Waals surface area (Å²) in [6.07, 6.45) is 0. The summed E-state index contributed by atoms with van der Waals surface area (Å²) in [7, 11) is 0. The molecule has 0 bridgehead atoms. The molecule has 2 aromatic rings. The zero-order chi connectivity index (χ0) is 15.5. The largest absolute Gasteiger partial charge is 0.507 e. The van der Waals surface area contributed by atoms with Crippen molar-refractivity contribution in [1.29, 1.82) is 0 Å². The highest BCUT2D eigenvalue weighted by Crippen LogP contribution is 2.41. The van der Waals surface area contributed by atoms with Gasteiger partial charge in [-0.3, -0.25) is 9.59 Å². The van der Waals surface area contributed by atoms with Crippen molar-refractivity contribution >= 4 is 11.6 Å². The number of hydrogen-bond donors (Lipinski definition) is 2. The number of phenolic OH excluding ortho intramolecular Hbond substituents is 2. The highest BCUT2D eigenvalue weighted by Gasteiger charge is 2.36. The molecule has 0 radical (unpaired) electrons. The Morgan fingerprint density at radius 2 is 1.19 bits per heavy atom. The normalized spacial score (nSPS) is 13.1. The van der Waals surface area contributed by atoms with E-state index in [-0.39, 0.29) is 22.6 Å². The van der Waals surface area contributed by atoms with Crippen molar-refractivity contribution in [3.8, 4) is 11.5 Å². The van der Waals surface area contributed by atoms with Crippen molar-refractivity contribution in [2.45, 2.75) is 20.8 Å². The minimum atomic E-state index is -0.423. The Bertz CT molecular complexity index is 831. The molecule has 0 unspecified atom stereocenters. The van der Waals surface area contributed by atoms with E-state index in [2.05, 4.69) is 0 Å². The maximum absolute atomic E-state index is 12.7. The first-order valence-corrected chi connectivity index (χ1v) is 6.59. The summed E-state index contributed by atoms with van der Waals surface area (Å²) in [5.74, 6) is -1.36. The van der Waals surface area contributed by atoms with Gasteiger partial charge in [-0.25, -0.2) is 0 Å². The highest BCUT2D eigenvalue weighted by molar-refractivity contribution is 6.31. The van der Waals surface area contributed by atoms with Crippen LogP contribution in [0.5, 0.6) is 11.5 Å². The van der Waals surface area contributed by atoms with Gasteiger partial charge in [-0.15, -0.1) is 0 Å². The fourth-order valence-electron chi connectivity index (χ4n) is 2.89. The van der Waals surface area contributed by atoms with E-state index in [4.69, 9.17) is 0 Å². The Hall–Kier alpha value is -2.62. The molecule has 2 aromatic carbocycles. The van der Waals surface area contributed by atoms with Crippen LogP contribution in [0, 0.1) is 20.8 Å². The van der Waals surface area contributed by atoms with E-state index >= 15 is 0 Å². The molecule has 0 heterocycles. The lowest BCUT2D eigenvalue weighted by atomic mass is 9.79. The zero-order valence-electron chi connectivity index (χ0n) is 11.9. The predicted octanol–water partition coefficient (Wildman–Crippen LogP) is 2.80. The van der Waals surface area contributed by atoms with Crippen molar-refractivity contribution in [2.24, 2.45) is 0 Å². The molecular formula is C17H14O4. The van der Waals surface area contributed by atoms with Gasteiger partial charge < -0.3 is 10.2 Å². The van der Waals surface area contributed by atoms with Crippen LogP contribution >= 0.6 is 0 Å². The summed E-state index contributed by atoms with van der Waals surface area (Å²) in [6, 6.07) is 4.85. The molecule has 1 aliphatic carbocycles. The average molecular weight is 282 g/mol. The number of aryl methyl sites for hydroxylation is 3. The van der Waals surface area contributed by atoms with E-state index in [0.717, 1.165) is 0 Å². The van der Waals surface area contributed by atoms with Crippen molar-refractivity contribution in [1.82, 2.24) is 0 Å². The van der Waals surface area contributed by atoms with Gasteiger partial charge in [0.05, 0.1) is 11.1 Å². The first-order chi connectivity index (χ1) is 9.84. The average Bonchev–Trinajstić information content (AvgIpc) is 2.42. The maximum atomic E-state index is 12.7. The molecule has 4 nitrogen and oxygen atoms in total. The Morgan fingerprint density at radius 3 is 1.71 bits per heavy atom. The van der Waals surface area contributed by atoms with E-state index in [1.54, 1.807) is 32.9 Å². The molecule has 0 aromatic heterocycles. The molecule has 3 rings (SSSR count). The molecule has 106 valence electrons. The van der Waals surface area contributed by atoms with E-state index in [9.17, 15) is 19.8 Å². The van der Waals surface area contributed by atoms with E-state index < -0.39 is 11.6 Å². The van der Waals surface area contributed by atoms with Gasteiger partial charge in [-0.1, -0.05) is 12.1 Å². The molecule has 0 aliphatic heterocycles. The quantitative estimate of drug-likeness (QED) is 0.622. The van der Waals surface area contributed by atoms with Gasteiger partial charge in [-0.2, -0.15) is 0 Å². The van der Waals surface area contributed by atoms with Crippen LogP contribution in [-0.2, 0) is 0 Å². The number of rotatable bonds is 0. The standard InChI is InChI=1S/C17H14O4/c1-7-4-5-8(2)12-11(7)16(20)13-10(18)6-9(3)15(19)14(13)17(12)21/h4-6,18-19H,1-3H3. The zero-order valence-corrected chi connectivity index (χ0v) is 11.9. The van der Waals surface area contributed by atoms with Crippen molar-refractivity contribution in [3.63, 3.8) is 0 Å². The van der Waals surface area contributed by atoms with Crippen LogP contribution in [-0.4, -0.2) is 21.8 Å². The van der Waals surface area contributed by atoms with Gasteiger partial charge in [-0.05, 0) is 43.5 Å². The summed E-state index contributed by atoms with van der Waals surface area (Å²) in [5.41, 5.74) is 2.14. The smallest absolute Gasteiger partial charge is 0.198 e. The van der Waals surface area contributed by atoms with E-state index in [1.807, 2.05) is 0 Å². The van der Waals surface area contributed by atoms with Crippen LogP contribution in [0.4, 0.5) is 0 Å². The Labute approximate surface area is 121 Å². The first kappa shape index (κ1) is 13.4. The van der Waals surface area contributed by atoms with Gasteiger partial charge in [0.2, 0.25) is 0 Å². The topological polar surface area (TPSA) is 74.6 Å². The fourth-order valence-corrected chi connectivity index (χ4v) is 2.89. The number of ketones is 2. The number of aromatic hydroxyl groups is 2. The molecule has 0 spiro atoms. The maximum Gasteiger partial charge on any atom is 0.198 e. The number of phenols is 2. The van der Waals surface area contributed by atoms with E-state index in [1.165, 1.54) is 6.07 Å². The van der Waals surface area contributed by atoms with Gasteiger partial charge >= 0.3 is 0 Å². The molecule has 2 N–H and O–H groups in total. The summed E-state index contributed by atoms with van der Waals surface area (Å²) >= 11 is 0. The lowest BCUT2D eigenvalue weighted by Crippen LogP contribution is -2.23. The minimum Gasteiger partial charge on any atom is -0.507 e. The first-order valence-electron chi connectivity index (χ1n) is 6.59. The molecule has 1 aliphatic rings. The van der Waals surface area contributed by atoms with Crippen LogP contribution in [0.3, 0.4) is 0 Å². The number of carbonyl (C=O) groups is 2. The number of fused-ring (bicyclic) bond motifs is 2. The Kier molecular flexibility index (Phi) is 2.66. The Balaban J connectivity index is 2.47. The van der Waals surface area contributed by atoms with Crippen molar-refractivity contribution < 1.29 is 19.8 Å². The van der Waals surface area contributed by atoms with Gasteiger partial charge in [0, 0.05) is 11.1 Å². The summed E-state index contributed by atoms with van der Waals surface area (Å²) < 4.78 is 0. The lowest BCUT2D eigenvalue weighted by Gasteiger charge is -2.23. The highest BCUT2D eigenvalue weighted by atomic mass is 16.3. The minimum absolute atomic E-state index is 0.0984. The molecule has 0 amide bonds. The van der Waals surface area contributed by atoms with Gasteiger partial charge in [0.1, 0.15) is 11.5 Å². The Morgan fingerprint density at radius 1 is 0.714 bits per heavy atom. The molecule has 0 atom stereocenters. The molecule has 0 saturated carbocycles. The number of benzene rings is 2. The predicted molar refractivity (Wildman–Crippen MR) is 77.3 cm³/mol. The fraction of sp³-hybridized carbons (Fsp3) is 0.176. The van der Waals surface area contributed by atoms with Crippen LogP contribution in [0.15, 0.2) is 18.2 Å². The summed E-state index contributed by atoms with van der Waals surface area (Å²) in [4.78, 5) is 25.4. The number of carbonyl (C=O) groups excluding carboxylic acids is 2. The van der Waals surface area contributed by atoms with Gasteiger partial charge in [0.25, 0.3) is 0 Å². The molecule has 0 fully saturated rings. The SMILES string of the molecule is Cc1cc(O)c2c(c1O)C(=O)c1c(C)ccc(C)c1C2=O. The number of hydrogen-bond acceptors (Lipinski definition) is 4. The van der Waals surface area contributed by atoms with Crippen LogP contribution in [0.25, 0.3) is 0 Å². The van der Waals surface area contributed by atoms with Crippen molar-refractivity contribution in [2.75, 3.05) is 0 Å². The van der Waals surface area contributed by atoms with Crippen LogP contribution in [0.2, 0.25) is 0 Å². The molecular weight excluding hydrogens is 268 g/mol. The van der Waals surface area contributed by atoms with Crippen LogP contribution < -0.4 is 0 Å². The molecule has 4 heteroatoms. The third kappa shape index (κ3) is 1.62. The molecule has 21 heavy (non-hydrogen) atoms.